The van der Waals surface area contributed by atoms with Gasteiger partial charge in [0.2, 0.25) is 0 Å². The molecule has 0 aliphatic heterocycles. The molecule has 3 N–H and O–H groups in total. The van der Waals surface area contributed by atoms with E-state index in [1.165, 1.54) is 17.9 Å². The van der Waals surface area contributed by atoms with Crippen molar-refractivity contribution in [3.63, 3.8) is 0 Å². The second-order valence-electron chi connectivity index (χ2n) is 8.09. The molecule has 1 amide bonds. The van der Waals surface area contributed by atoms with Gasteiger partial charge in [-0.3, -0.25) is 19.4 Å². The molecule has 0 radical (unpaired) electrons. The Kier molecular flexibility index (Phi) is 6.89. The number of aryl methyl sites for hydroxylation is 1. The number of benzene rings is 1. The summed E-state index contributed by atoms with van der Waals surface area (Å²) in [5, 5.41) is 17.9. The summed E-state index contributed by atoms with van der Waals surface area (Å²) < 4.78 is 37.7. The van der Waals surface area contributed by atoms with Crippen molar-refractivity contribution in [1.29, 1.82) is 0 Å². The molecule has 9 nitrogen and oxygen atoms in total. The second kappa shape index (κ2) is 9.32. The summed E-state index contributed by atoms with van der Waals surface area (Å²) in [6.07, 6.45) is 2.51. The van der Waals surface area contributed by atoms with Crippen molar-refractivity contribution in [2.45, 2.75) is 31.1 Å². The third-order valence-corrected chi connectivity index (χ3v) is 7.84. The van der Waals surface area contributed by atoms with E-state index in [1.54, 1.807) is 0 Å². The van der Waals surface area contributed by atoms with Gasteiger partial charge in [0.25, 0.3) is 11.5 Å². The van der Waals surface area contributed by atoms with Gasteiger partial charge in [-0.1, -0.05) is 5.92 Å². The minimum Gasteiger partial charge on any atom is -0.396 e. The van der Waals surface area contributed by atoms with Crippen LogP contribution in [0.5, 0.6) is 0 Å². The topological polar surface area (TPSA) is 139 Å². The number of aliphatic hydroxyl groups excluding tert-OH is 1. The van der Waals surface area contributed by atoms with Crippen LogP contribution in [0.15, 0.2) is 23.3 Å². The molecule has 1 fully saturated rings. The average Bonchev–Trinajstić information content (AvgIpc) is 3.54. The lowest BCUT2D eigenvalue weighted by atomic mass is 10.1. The van der Waals surface area contributed by atoms with Gasteiger partial charge in [0, 0.05) is 25.3 Å². The fraction of sp³-hybridized carbons (Fsp3) is 0.409. The van der Waals surface area contributed by atoms with Crippen molar-refractivity contribution in [2.24, 2.45) is 11.8 Å². The lowest BCUT2D eigenvalue weighted by Crippen LogP contribution is -2.50. The van der Waals surface area contributed by atoms with E-state index in [0.29, 0.717) is 0 Å². The summed E-state index contributed by atoms with van der Waals surface area (Å²) in [5.41, 5.74) is 0.920. The fourth-order valence-electron chi connectivity index (χ4n) is 3.21. The highest BCUT2D eigenvalue weighted by Gasteiger charge is 2.43. The molecular formula is C22H22FN3O6S. The number of aliphatic hydroxyl groups is 1. The largest absolute Gasteiger partial charge is 0.396 e. The maximum atomic E-state index is 14.5. The maximum absolute atomic E-state index is 14.5. The van der Waals surface area contributed by atoms with E-state index in [-0.39, 0.29) is 47.9 Å². The van der Waals surface area contributed by atoms with Crippen molar-refractivity contribution in [3.8, 4) is 23.7 Å². The van der Waals surface area contributed by atoms with Crippen LogP contribution in [0.4, 0.5) is 4.39 Å². The highest BCUT2D eigenvalue weighted by molar-refractivity contribution is 7.92. The zero-order valence-corrected chi connectivity index (χ0v) is 18.7. The van der Waals surface area contributed by atoms with E-state index in [9.17, 15) is 22.4 Å². The number of sulfone groups is 1. The first kappa shape index (κ1) is 24.4. The normalized spacial score (nSPS) is 18.9. The first-order valence-electron chi connectivity index (χ1n) is 9.97. The number of nitrogens with zero attached hydrogens (tertiary/aromatic N) is 2. The van der Waals surface area contributed by atoms with E-state index in [4.69, 9.17) is 10.3 Å². The number of nitrogens with one attached hydrogen (secondary N) is 1. The van der Waals surface area contributed by atoms with Crippen LogP contribution >= 0.6 is 0 Å². The molecule has 174 valence electrons. The van der Waals surface area contributed by atoms with Gasteiger partial charge in [0.05, 0.1) is 22.8 Å². The molecular weight excluding hydrogens is 453 g/mol. The zero-order valence-electron chi connectivity index (χ0n) is 17.9. The summed E-state index contributed by atoms with van der Waals surface area (Å²) in [5.74, 6) is 9.09. The predicted molar refractivity (Wildman–Crippen MR) is 117 cm³/mol. The summed E-state index contributed by atoms with van der Waals surface area (Å²) >= 11 is 0. The van der Waals surface area contributed by atoms with E-state index in [1.807, 2.05) is 0 Å². The van der Waals surface area contributed by atoms with Gasteiger partial charge < -0.3 is 5.11 Å². The van der Waals surface area contributed by atoms with E-state index < -0.39 is 31.9 Å². The molecule has 1 aliphatic carbocycles. The Morgan fingerprint density at radius 1 is 1.39 bits per heavy atom. The first-order valence-corrected chi connectivity index (χ1v) is 11.9. The number of hydrogen-bond acceptors (Lipinski definition) is 7. The van der Waals surface area contributed by atoms with Crippen LogP contribution in [0.2, 0.25) is 0 Å². The Morgan fingerprint density at radius 3 is 2.73 bits per heavy atom. The number of aromatic nitrogens is 2. The van der Waals surface area contributed by atoms with Crippen molar-refractivity contribution >= 4 is 26.6 Å². The van der Waals surface area contributed by atoms with Gasteiger partial charge in [-0.15, -0.1) is 0 Å². The number of fused-ring (bicyclic) bond motifs is 1. The number of carbonyl (C=O) groups excluding carboxylic acids is 1. The Hall–Kier alpha value is -3.25. The highest BCUT2D eigenvalue weighted by Crippen LogP contribution is 2.36. The van der Waals surface area contributed by atoms with Gasteiger partial charge in [0.15, 0.2) is 14.6 Å². The number of hydroxylamine groups is 1. The molecule has 1 aromatic heterocycles. The monoisotopic (exact) mass is 475 g/mol. The lowest BCUT2D eigenvalue weighted by molar-refractivity contribution is -0.131. The molecule has 0 unspecified atom stereocenters. The molecule has 33 heavy (non-hydrogen) atoms. The highest BCUT2D eigenvalue weighted by atomic mass is 32.2. The molecule has 1 heterocycles. The van der Waals surface area contributed by atoms with Gasteiger partial charge in [0.1, 0.15) is 5.82 Å². The molecule has 1 saturated carbocycles. The van der Waals surface area contributed by atoms with Gasteiger partial charge in [-0.2, -0.15) is 0 Å². The molecule has 1 aromatic carbocycles. The minimum atomic E-state index is -3.94. The number of rotatable bonds is 6. The number of carbonyl (C=O) groups is 1. The molecule has 1 aliphatic rings. The van der Waals surface area contributed by atoms with E-state index >= 15 is 0 Å². The first-order chi connectivity index (χ1) is 15.5. The average molecular weight is 475 g/mol. The van der Waals surface area contributed by atoms with Crippen LogP contribution in [-0.2, 0) is 21.2 Å². The SMILES string of the molecule is C[C@@](CCn1cnc2cc(C#CC#C[C@@H]3C[C@H]3CO)c(F)cc2c1=O)(C(=O)NO)S(C)(=O)=O. The number of hydrogen-bond donors (Lipinski definition) is 3. The van der Waals surface area contributed by atoms with E-state index in [0.717, 1.165) is 30.2 Å². The van der Waals surface area contributed by atoms with Crippen molar-refractivity contribution in [2.75, 3.05) is 12.9 Å². The van der Waals surface area contributed by atoms with Gasteiger partial charge >= 0.3 is 0 Å². The summed E-state index contributed by atoms with van der Waals surface area (Å²) in [6.45, 7) is 0.999. The number of amides is 1. The minimum absolute atomic E-state index is 0.0141. The standard InChI is InChI=1S/C22H22FN3O6S/c1-22(21(29)25-30,33(2,31)32)7-8-26-13-24-19-10-15(18(23)11-17(19)20(26)28)6-4-3-5-14-9-16(14)12-27/h10-11,13-14,16,27,30H,7-9,12H2,1-2H3,(H,25,29)/t14-,16+,22-/m1/s1. The van der Waals surface area contributed by atoms with Crippen LogP contribution < -0.4 is 11.0 Å². The van der Waals surface area contributed by atoms with Crippen LogP contribution in [0.3, 0.4) is 0 Å². The summed E-state index contributed by atoms with van der Waals surface area (Å²) in [7, 11) is -3.94. The maximum Gasteiger partial charge on any atom is 0.264 e. The Bertz CT molecular complexity index is 1400. The summed E-state index contributed by atoms with van der Waals surface area (Å²) in [4.78, 5) is 28.8. The molecule has 0 bridgehead atoms. The van der Waals surface area contributed by atoms with Crippen molar-refractivity contribution < 1.29 is 27.9 Å². The number of halogens is 1. The Morgan fingerprint density at radius 2 is 2.12 bits per heavy atom. The zero-order chi connectivity index (χ0) is 24.4. The van der Waals surface area contributed by atoms with Crippen molar-refractivity contribution in [3.05, 3.63) is 40.2 Å². The molecule has 2 aromatic rings. The fourth-order valence-corrected chi connectivity index (χ4v) is 4.05. The molecule has 3 rings (SSSR count). The Labute approximate surface area is 189 Å². The lowest BCUT2D eigenvalue weighted by Gasteiger charge is -2.25. The molecule has 0 spiro atoms. The van der Waals surface area contributed by atoms with Crippen LogP contribution in [0.25, 0.3) is 10.9 Å². The third-order valence-electron chi connectivity index (χ3n) is 5.82. The van der Waals surface area contributed by atoms with Crippen LogP contribution in [0.1, 0.15) is 25.3 Å². The summed E-state index contributed by atoms with van der Waals surface area (Å²) in [6, 6.07) is 2.32. The third kappa shape index (κ3) is 5.06. The van der Waals surface area contributed by atoms with Crippen LogP contribution in [0, 0.1) is 41.3 Å². The Balaban J connectivity index is 1.86. The van der Waals surface area contributed by atoms with Gasteiger partial charge in [-0.25, -0.2) is 23.3 Å². The predicted octanol–water partition coefficient (Wildman–Crippen LogP) is 0.218. The molecule has 0 saturated heterocycles. The van der Waals surface area contributed by atoms with Crippen LogP contribution in [-0.4, -0.2) is 51.8 Å². The van der Waals surface area contributed by atoms with Crippen molar-refractivity contribution in [1.82, 2.24) is 15.0 Å². The quantitative estimate of drug-likeness (QED) is 0.309. The van der Waals surface area contributed by atoms with Gasteiger partial charge in [-0.05, 0) is 55.6 Å². The molecule has 3 atom stereocenters. The van der Waals surface area contributed by atoms with E-state index in [2.05, 4.69) is 28.7 Å². The molecule has 11 heteroatoms. The second-order valence-corrected chi connectivity index (χ2v) is 10.5. The smallest absolute Gasteiger partial charge is 0.264 e.